The molecule has 4 rings (SSSR count). The number of fused-ring (bicyclic) bond motifs is 1. The van der Waals surface area contributed by atoms with Crippen molar-refractivity contribution in [3.63, 3.8) is 0 Å². The summed E-state index contributed by atoms with van der Waals surface area (Å²) in [5.74, 6) is 0.682. The number of nitrogens with zero attached hydrogens (tertiary/aromatic N) is 1. The van der Waals surface area contributed by atoms with Gasteiger partial charge in [-0.3, -0.25) is 0 Å². The van der Waals surface area contributed by atoms with Crippen LogP contribution in [0.15, 0.2) is 70.6 Å². The van der Waals surface area contributed by atoms with Gasteiger partial charge in [0.05, 0.1) is 16.0 Å². The van der Waals surface area contributed by atoms with E-state index in [9.17, 15) is 8.42 Å². The molecule has 0 saturated carbocycles. The molecule has 1 fully saturated rings. The van der Waals surface area contributed by atoms with Gasteiger partial charge in [0.25, 0.3) is 0 Å². The highest BCUT2D eigenvalue weighted by atomic mass is 32.2. The van der Waals surface area contributed by atoms with Crippen molar-refractivity contribution < 1.29 is 13.4 Å². The smallest absolute Gasteiger partial charge is 0.214 e. The van der Waals surface area contributed by atoms with E-state index in [1.54, 1.807) is 30.5 Å². The van der Waals surface area contributed by atoms with Crippen LogP contribution in [-0.2, 0) is 9.84 Å². The number of aromatic amines is 1. The number of piperidine rings is 1. The quantitative estimate of drug-likeness (QED) is 0.709. The Balaban J connectivity index is 1.94. The molecule has 0 unspecified atom stereocenters. The van der Waals surface area contributed by atoms with Gasteiger partial charge >= 0.3 is 0 Å². The van der Waals surface area contributed by atoms with Gasteiger partial charge in [-0.05, 0) is 37.0 Å². The summed E-state index contributed by atoms with van der Waals surface area (Å²) in [7, 11) is -3.60. The highest BCUT2D eigenvalue weighted by Crippen LogP contribution is 2.36. The Labute approximate surface area is 154 Å². The third kappa shape index (κ3) is 2.97. The molecule has 5 heteroatoms. The highest BCUT2D eigenvalue weighted by molar-refractivity contribution is 7.91. The number of pyridine rings is 1. The van der Waals surface area contributed by atoms with Crippen molar-refractivity contribution in [2.45, 2.75) is 29.6 Å². The molecular formula is C21H23N2O2S+. The lowest BCUT2D eigenvalue weighted by molar-refractivity contribution is -0.347. The first kappa shape index (κ1) is 17.0. The Morgan fingerprint density at radius 3 is 2.35 bits per heavy atom. The fourth-order valence-electron chi connectivity index (χ4n) is 3.65. The van der Waals surface area contributed by atoms with Crippen LogP contribution < -0.4 is 9.88 Å². The number of anilines is 1. The summed E-state index contributed by atoms with van der Waals surface area (Å²) in [6, 6.07) is 16.6. The zero-order valence-corrected chi connectivity index (χ0v) is 15.7. The second-order valence-corrected chi connectivity index (χ2v) is 8.95. The topological polar surface area (TPSA) is 51.5 Å². The molecule has 0 atom stereocenters. The van der Waals surface area contributed by atoms with Crippen LogP contribution in [0.5, 0.6) is 0 Å². The second-order valence-electron chi connectivity index (χ2n) is 7.03. The molecule has 0 bridgehead atoms. The summed E-state index contributed by atoms with van der Waals surface area (Å²) in [6.07, 6.45) is 3.81. The zero-order chi connectivity index (χ0) is 18.1. The predicted molar refractivity (Wildman–Crippen MR) is 103 cm³/mol. The van der Waals surface area contributed by atoms with Gasteiger partial charge in [0, 0.05) is 19.2 Å². The third-order valence-corrected chi connectivity index (χ3v) is 7.00. The molecule has 0 amide bonds. The minimum atomic E-state index is -3.60. The number of aromatic nitrogens is 1. The van der Waals surface area contributed by atoms with Crippen molar-refractivity contribution in [1.29, 1.82) is 0 Å². The van der Waals surface area contributed by atoms with Crippen LogP contribution >= 0.6 is 0 Å². The van der Waals surface area contributed by atoms with Crippen LogP contribution in [0.4, 0.5) is 5.69 Å². The van der Waals surface area contributed by atoms with Crippen LogP contribution in [0.1, 0.15) is 19.8 Å². The van der Waals surface area contributed by atoms with Crippen molar-refractivity contribution in [2.24, 2.45) is 5.92 Å². The lowest BCUT2D eigenvalue weighted by Crippen LogP contribution is -2.34. The van der Waals surface area contributed by atoms with Gasteiger partial charge in [-0.15, -0.1) is 0 Å². The van der Waals surface area contributed by atoms with Gasteiger partial charge in [-0.1, -0.05) is 37.3 Å². The first-order valence-electron chi connectivity index (χ1n) is 9.06. The number of para-hydroxylation sites is 1. The third-order valence-electron chi connectivity index (χ3n) is 5.22. The average molecular weight is 367 g/mol. The van der Waals surface area contributed by atoms with E-state index in [0.29, 0.717) is 15.7 Å². The summed E-state index contributed by atoms with van der Waals surface area (Å²) in [5.41, 5.74) is 1.78. The van der Waals surface area contributed by atoms with Gasteiger partial charge in [0.1, 0.15) is 0 Å². The first-order valence-corrected chi connectivity index (χ1v) is 10.5. The maximum atomic E-state index is 13.4. The van der Waals surface area contributed by atoms with Crippen molar-refractivity contribution in [3.05, 3.63) is 60.8 Å². The summed E-state index contributed by atoms with van der Waals surface area (Å²) < 4.78 is 26.7. The molecule has 1 saturated heterocycles. The Bertz CT molecular complexity index is 1020. The van der Waals surface area contributed by atoms with E-state index in [1.165, 1.54) is 0 Å². The molecule has 0 spiro atoms. The monoisotopic (exact) mass is 367 g/mol. The molecule has 2 heterocycles. The van der Waals surface area contributed by atoms with E-state index in [1.807, 2.05) is 30.3 Å². The van der Waals surface area contributed by atoms with E-state index < -0.39 is 9.84 Å². The molecule has 2 aromatic carbocycles. The summed E-state index contributed by atoms with van der Waals surface area (Å²) in [4.78, 5) is 6.11. The van der Waals surface area contributed by atoms with Gasteiger partial charge in [-0.25, -0.2) is 13.4 Å². The second kappa shape index (κ2) is 6.72. The number of hydrogen-bond acceptors (Lipinski definition) is 3. The van der Waals surface area contributed by atoms with E-state index in [0.717, 1.165) is 42.5 Å². The number of rotatable bonds is 3. The van der Waals surface area contributed by atoms with Crippen LogP contribution in [0.25, 0.3) is 10.9 Å². The highest BCUT2D eigenvalue weighted by Gasteiger charge is 2.30. The summed E-state index contributed by atoms with van der Waals surface area (Å²) >= 11 is 0. The molecule has 4 nitrogen and oxygen atoms in total. The molecule has 1 N–H and O–H groups in total. The van der Waals surface area contributed by atoms with Crippen LogP contribution in [0.3, 0.4) is 0 Å². The maximum Gasteiger partial charge on any atom is 0.214 e. The molecule has 1 aromatic heterocycles. The van der Waals surface area contributed by atoms with Crippen molar-refractivity contribution >= 4 is 26.4 Å². The van der Waals surface area contributed by atoms with E-state index >= 15 is 0 Å². The van der Waals surface area contributed by atoms with E-state index in [4.69, 9.17) is 0 Å². The number of sulfone groups is 1. The van der Waals surface area contributed by atoms with Crippen molar-refractivity contribution in [1.82, 2.24) is 0 Å². The van der Waals surface area contributed by atoms with Gasteiger partial charge < -0.3 is 4.90 Å². The Morgan fingerprint density at radius 2 is 1.62 bits per heavy atom. The predicted octanol–water partition coefficient (Wildman–Crippen LogP) is 3.72. The fraction of sp³-hybridized carbons (Fsp3) is 0.286. The molecule has 3 aromatic rings. The van der Waals surface area contributed by atoms with E-state index in [2.05, 4.69) is 16.8 Å². The Morgan fingerprint density at radius 1 is 0.962 bits per heavy atom. The maximum absolute atomic E-state index is 13.4. The summed E-state index contributed by atoms with van der Waals surface area (Å²) in [5, 5.41) is 0.957. The molecule has 0 aliphatic carbocycles. The molecule has 26 heavy (non-hydrogen) atoms. The molecule has 134 valence electrons. The number of benzene rings is 2. The number of H-pyrrole nitrogens is 1. The normalized spacial score (nSPS) is 16.1. The van der Waals surface area contributed by atoms with Gasteiger partial charge in [-0.2, -0.15) is 0 Å². The van der Waals surface area contributed by atoms with Crippen LogP contribution in [-0.4, -0.2) is 21.5 Å². The average Bonchev–Trinajstić information content (AvgIpc) is 2.68. The minimum Gasteiger partial charge on any atom is -0.370 e. The minimum absolute atomic E-state index is 0.329. The largest absolute Gasteiger partial charge is 0.370 e. The molecule has 1 aliphatic heterocycles. The molecular weight excluding hydrogens is 344 g/mol. The number of nitrogens with one attached hydrogen (secondary N) is 1. The molecule has 0 radical (unpaired) electrons. The van der Waals surface area contributed by atoms with Crippen LogP contribution in [0.2, 0.25) is 0 Å². The van der Waals surface area contributed by atoms with Gasteiger partial charge in [0.15, 0.2) is 11.1 Å². The number of hydrogen-bond donors (Lipinski definition) is 0. The molecule has 1 aliphatic rings. The Hall–Kier alpha value is -2.40. The lowest BCUT2D eigenvalue weighted by Gasteiger charge is -2.33. The lowest BCUT2D eigenvalue weighted by atomic mass is 9.98. The van der Waals surface area contributed by atoms with Gasteiger partial charge in [0.2, 0.25) is 15.4 Å². The summed E-state index contributed by atoms with van der Waals surface area (Å²) in [6.45, 7) is 4.02. The van der Waals surface area contributed by atoms with Crippen molar-refractivity contribution in [3.8, 4) is 0 Å². The van der Waals surface area contributed by atoms with Crippen molar-refractivity contribution in [2.75, 3.05) is 18.0 Å². The first-order chi connectivity index (χ1) is 12.6. The fourth-order valence-corrected chi connectivity index (χ4v) is 5.13. The van der Waals surface area contributed by atoms with E-state index in [-0.39, 0.29) is 0 Å². The SMILES string of the molecule is CC1CCN(c2c(S(=O)(=O)c3ccccc3)c[nH+]c3ccccc23)CC1. The zero-order valence-electron chi connectivity index (χ0n) is 14.9. The standard InChI is InChI=1S/C21H22N2O2S/c1-16-11-13-23(14-12-16)21-18-9-5-6-10-19(18)22-15-20(21)26(24,25)17-7-3-2-4-8-17/h2-10,15-16H,11-14H2,1H3/p+1. The Kier molecular flexibility index (Phi) is 4.41. The van der Waals surface area contributed by atoms with Crippen LogP contribution in [0, 0.1) is 5.92 Å².